The van der Waals surface area contributed by atoms with Crippen molar-refractivity contribution in [3.05, 3.63) is 35.9 Å². The van der Waals surface area contributed by atoms with Crippen molar-refractivity contribution >= 4 is 12.2 Å². The van der Waals surface area contributed by atoms with Gasteiger partial charge in [-0.05, 0) is 46.1 Å². The average Bonchev–Trinajstić information content (AvgIpc) is 2.51. The fourth-order valence-electron chi connectivity index (χ4n) is 2.86. The highest BCUT2D eigenvalue weighted by Crippen LogP contribution is 2.22. The molecule has 1 fully saturated rings. The van der Waals surface area contributed by atoms with Crippen LogP contribution in [0.3, 0.4) is 0 Å². The second kappa shape index (κ2) is 7.76. The average molecular weight is 348 g/mol. The van der Waals surface area contributed by atoms with Crippen LogP contribution in [-0.4, -0.2) is 41.3 Å². The number of piperidine rings is 1. The van der Waals surface area contributed by atoms with Gasteiger partial charge < -0.3 is 19.7 Å². The maximum atomic E-state index is 12.3. The lowest BCUT2D eigenvalue weighted by Gasteiger charge is -2.40. The lowest BCUT2D eigenvalue weighted by Crippen LogP contribution is -2.58. The Bertz CT molecular complexity index is 597. The van der Waals surface area contributed by atoms with Gasteiger partial charge in [-0.3, -0.25) is 0 Å². The van der Waals surface area contributed by atoms with E-state index < -0.39 is 17.2 Å². The Hall–Kier alpha value is -2.24. The van der Waals surface area contributed by atoms with Crippen molar-refractivity contribution in [1.82, 2.24) is 10.2 Å². The van der Waals surface area contributed by atoms with Crippen molar-refractivity contribution in [1.29, 1.82) is 0 Å². The molecule has 0 aliphatic carbocycles. The summed E-state index contributed by atoms with van der Waals surface area (Å²) in [7, 11) is 0. The minimum Gasteiger partial charge on any atom is -0.445 e. The number of nitrogens with one attached hydrogen (secondary N) is 1. The van der Waals surface area contributed by atoms with Gasteiger partial charge in [0.2, 0.25) is 0 Å². The van der Waals surface area contributed by atoms with Gasteiger partial charge in [0.15, 0.2) is 0 Å². The summed E-state index contributed by atoms with van der Waals surface area (Å²) in [5.74, 6) is 0. The molecule has 25 heavy (non-hydrogen) atoms. The second-order valence-corrected chi connectivity index (χ2v) is 7.75. The molecule has 0 spiro atoms. The number of nitrogens with zero attached hydrogens (tertiary/aromatic N) is 1. The molecule has 1 atom stereocenters. The fourth-order valence-corrected chi connectivity index (χ4v) is 2.86. The van der Waals surface area contributed by atoms with Crippen molar-refractivity contribution in [2.24, 2.45) is 0 Å². The first-order valence-corrected chi connectivity index (χ1v) is 8.64. The topological polar surface area (TPSA) is 67.9 Å². The third-order valence-corrected chi connectivity index (χ3v) is 3.96. The van der Waals surface area contributed by atoms with E-state index in [9.17, 15) is 9.59 Å². The summed E-state index contributed by atoms with van der Waals surface area (Å²) in [6.07, 6.45) is 0.761. The standard InChI is InChI=1S/C19H28N2O4/c1-18(2,3)25-16(22)20-19(4)11-8-12-21(14-19)17(23)24-13-15-9-6-5-7-10-15/h5-7,9-10H,8,11-14H2,1-4H3,(H,20,22)/t19-/m0/s1. The van der Waals surface area contributed by atoms with Crippen LogP contribution >= 0.6 is 0 Å². The van der Waals surface area contributed by atoms with E-state index in [1.54, 1.807) is 4.90 Å². The van der Waals surface area contributed by atoms with Gasteiger partial charge in [0.05, 0.1) is 5.54 Å². The van der Waals surface area contributed by atoms with Crippen LogP contribution in [0.2, 0.25) is 0 Å². The molecule has 1 saturated heterocycles. The summed E-state index contributed by atoms with van der Waals surface area (Å²) in [5, 5.41) is 2.90. The van der Waals surface area contributed by atoms with Gasteiger partial charge in [-0.2, -0.15) is 0 Å². The summed E-state index contributed by atoms with van der Waals surface area (Å²) < 4.78 is 10.7. The molecule has 1 heterocycles. The van der Waals surface area contributed by atoms with Gasteiger partial charge in [0, 0.05) is 13.1 Å². The highest BCUT2D eigenvalue weighted by molar-refractivity contribution is 5.70. The van der Waals surface area contributed by atoms with Crippen LogP contribution in [0.4, 0.5) is 9.59 Å². The van der Waals surface area contributed by atoms with Crippen LogP contribution in [-0.2, 0) is 16.1 Å². The summed E-state index contributed by atoms with van der Waals surface area (Å²) in [5.41, 5.74) is -0.127. The molecule has 2 rings (SSSR count). The van der Waals surface area contributed by atoms with Crippen molar-refractivity contribution < 1.29 is 19.1 Å². The first-order valence-electron chi connectivity index (χ1n) is 8.64. The van der Waals surface area contributed by atoms with Gasteiger partial charge in [-0.25, -0.2) is 9.59 Å². The highest BCUT2D eigenvalue weighted by Gasteiger charge is 2.36. The Morgan fingerprint density at radius 2 is 1.92 bits per heavy atom. The number of carbonyl (C=O) groups excluding carboxylic acids is 2. The Kier molecular flexibility index (Phi) is 5.93. The van der Waals surface area contributed by atoms with Crippen LogP contribution in [0, 0.1) is 0 Å². The highest BCUT2D eigenvalue weighted by atomic mass is 16.6. The Labute approximate surface area is 149 Å². The molecule has 6 heteroatoms. The molecule has 1 aliphatic heterocycles. The summed E-state index contributed by atoms with van der Waals surface area (Å²) >= 11 is 0. The van der Waals surface area contributed by atoms with Gasteiger partial charge in [0.25, 0.3) is 0 Å². The number of rotatable bonds is 3. The van der Waals surface area contributed by atoms with Gasteiger partial charge in [-0.15, -0.1) is 0 Å². The van der Waals surface area contributed by atoms with E-state index in [0.717, 1.165) is 18.4 Å². The van der Waals surface area contributed by atoms with E-state index in [4.69, 9.17) is 9.47 Å². The molecule has 2 amide bonds. The summed E-state index contributed by atoms with van der Waals surface area (Å²) in [6.45, 7) is 8.66. The largest absolute Gasteiger partial charge is 0.445 e. The lowest BCUT2D eigenvalue weighted by atomic mass is 9.91. The number of likely N-dealkylation sites (tertiary alicyclic amines) is 1. The van der Waals surface area contributed by atoms with Crippen LogP contribution < -0.4 is 5.32 Å². The minimum atomic E-state index is -0.552. The Morgan fingerprint density at radius 1 is 1.24 bits per heavy atom. The number of benzene rings is 1. The summed E-state index contributed by atoms with van der Waals surface area (Å²) in [6, 6.07) is 9.57. The number of amides is 2. The molecule has 0 radical (unpaired) electrons. The zero-order valence-corrected chi connectivity index (χ0v) is 15.5. The van der Waals surface area contributed by atoms with Gasteiger partial charge in [0.1, 0.15) is 12.2 Å². The molecule has 1 aliphatic rings. The molecule has 0 bridgehead atoms. The first-order chi connectivity index (χ1) is 11.7. The number of carbonyl (C=O) groups is 2. The Morgan fingerprint density at radius 3 is 2.56 bits per heavy atom. The molecule has 1 N–H and O–H groups in total. The number of alkyl carbamates (subject to hydrolysis) is 1. The van der Waals surface area contributed by atoms with E-state index in [1.165, 1.54) is 0 Å². The Balaban J connectivity index is 1.88. The summed E-state index contributed by atoms with van der Waals surface area (Å²) in [4.78, 5) is 26.0. The van der Waals surface area contributed by atoms with E-state index in [0.29, 0.717) is 13.1 Å². The van der Waals surface area contributed by atoms with Crippen molar-refractivity contribution in [3.8, 4) is 0 Å². The smallest absolute Gasteiger partial charge is 0.410 e. The quantitative estimate of drug-likeness (QED) is 0.904. The minimum absolute atomic E-state index is 0.242. The van der Waals surface area contributed by atoms with Crippen molar-refractivity contribution in [3.63, 3.8) is 0 Å². The van der Waals surface area contributed by atoms with E-state index >= 15 is 0 Å². The molecule has 1 aromatic carbocycles. The zero-order chi connectivity index (χ0) is 18.5. The van der Waals surface area contributed by atoms with Gasteiger partial charge >= 0.3 is 12.2 Å². The third-order valence-electron chi connectivity index (χ3n) is 3.96. The molecular formula is C19H28N2O4. The van der Waals surface area contributed by atoms with E-state index in [1.807, 2.05) is 58.0 Å². The van der Waals surface area contributed by atoms with Crippen molar-refractivity contribution in [2.45, 2.75) is 58.3 Å². The molecule has 138 valence electrons. The molecule has 0 aromatic heterocycles. The maximum absolute atomic E-state index is 12.3. The number of hydrogen-bond acceptors (Lipinski definition) is 4. The van der Waals surface area contributed by atoms with Crippen LogP contribution in [0.25, 0.3) is 0 Å². The van der Waals surface area contributed by atoms with Crippen LogP contribution in [0.15, 0.2) is 30.3 Å². The van der Waals surface area contributed by atoms with Crippen LogP contribution in [0.1, 0.15) is 46.1 Å². The second-order valence-electron chi connectivity index (χ2n) is 7.75. The number of ether oxygens (including phenoxy) is 2. The predicted molar refractivity (Wildman–Crippen MR) is 95.2 cm³/mol. The lowest BCUT2D eigenvalue weighted by molar-refractivity contribution is 0.0350. The fraction of sp³-hybridized carbons (Fsp3) is 0.579. The molecule has 6 nitrogen and oxygen atoms in total. The SMILES string of the molecule is CC(C)(C)OC(=O)N[C@@]1(C)CCCN(C(=O)OCc2ccccc2)C1. The first kappa shape index (κ1) is 19.1. The maximum Gasteiger partial charge on any atom is 0.410 e. The van der Waals surface area contributed by atoms with E-state index in [2.05, 4.69) is 5.32 Å². The number of hydrogen-bond donors (Lipinski definition) is 1. The van der Waals surface area contributed by atoms with Gasteiger partial charge in [-0.1, -0.05) is 30.3 Å². The van der Waals surface area contributed by atoms with Crippen LogP contribution in [0.5, 0.6) is 0 Å². The van der Waals surface area contributed by atoms with E-state index in [-0.39, 0.29) is 12.7 Å². The normalized spacial score (nSPS) is 20.7. The molecule has 0 saturated carbocycles. The molecular weight excluding hydrogens is 320 g/mol. The third kappa shape index (κ3) is 6.29. The van der Waals surface area contributed by atoms with Crippen molar-refractivity contribution in [2.75, 3.05) is 13.1 Å². The monoisotopic (exact) mass is 348 g/mol. The zero-order valence-electron chi connectivity index (χ0n) is 15.5. The predicted octanol–water partition coefficient (Wildman–Crippen LogP) is 3.70. The molecule has 1 aromatic rings. The molecule has 0 unspecified atom stereocenters.